The summed E-state index contributed by atoms with van der Waals surface area (Å²) in [7, 11) is 1.29. The zero-order chi connectivity index (χ0) is 20.7. The maximum atomic E-state index is 12.9. The van der Waals surface area contributed by atoms with Crippen LogP contribution < -0.4 is 11.1 Å². The van der Waals surface area contributed by atoms with Crippen LogP contribution in [0.15, 0.2) is 46.8 Å². The molecule has 3 N–H and O–H groups in total. The van der Waals surface area contributed by atoms with Crippen molar-refractivity contribution < 1.29 is 23.8 Å². The van der Waals surface area contributed by atoms with Gasteiger partial charge in [-0.25, -0.2) is 9.59 Å². The third kappa shape index (κ3) is 5.82. The molecule has 1 atom stereocenters. The molecule has 160 valence electrons. The van der Waals surface area contributed by atoms with Crippen LogP contribution in [0.1, 0.15) is 25.3 Å². The van der Waals surface area contributed by atoms with Gasteiger partial charge >= 0.3 is 11.9 Å². The smallest absolute Gasteiger partial charge is 0.336 e. The molecular formula is C20H26BrClN2O5. The van der Waals surface area contributed by atoms with E-state index in [1.165, 1.54) is 7.11 Å². The topological polar surface area (TPSA) is 99.9 Å². The second-order valence-corrected chi connectivity index (χ2v) is 6.47. The number of carbonyl (C=O) groups is 2. The highest BCUT2D eigenvalue weighted by Crippen LogP contribution is 2.41. The third-order valence-corrected chi connectivity index (χ3v) is 4.61. The number of ether oxygens (including phenoxy) is 3. The van der Waals surface area contributed by atoms with E-state index in [-0.39, 0.29) is 35.8 Å². The Morgan fingerprint density at radius 2 is 1.90 bits per heavy atom. The fourth-order valence-electron chi connectivity index (χ4n) is 3.12. The van der Waals surface area contributed by atoms with E-state index >= 15 is 0 Å². The summed E-state index contributed by atoms with van der Waals surface area (Å²) in [6.45, 7) is 4.42. The highest BCUT2D eigenvalue weighted by molar-refractivity contribution is 8.93. The number of hydrogen-bond donors (Lipinski definition) is 2. The Hall–Kier alpha value is -1.87. The van der Waals surface area contributed by atoms with Crippen LogP contribution in [0.25, 0.3) is 0 Å². The summed E-state index contributed by atoms with van der Waals surface area (Å²) in [5, 5.41) is 3.52. The lowest BCUT2D eigenvalue weighted by atomic mass is 9.80. The van der Waals surface area contributed by atoms with Gasteiger partial charge in [-0.05, 0) is 25.5 Å². The number of benzene rings is 1. The first kappa shape index (κ1) is 25.2. The van der Waals surface area contributed by atoms with Gasteiger partial charge < -0.3 is 25.3 Å². The first-order valence-corrected chi connectivity index (χ1v) is 9.32. The summed E-state index contributed by atoms with van der Waals surface area (Å²) in [6, 6.07) is 7.05. The molecule has 0 amide bonds. The molecule has 7 nitrogen and oxygen atoms in total. The zero-order valence-corrected chi connectivity index (χ0v) is 19.1. The van der Waals surface area contributed by atoms with Gasteiger partial charge in [0.1, 0.15) is 0 Å². The maximum Gasteiger partial charge on any atom is 0.336 e. The molecule has 0 saturated heterocycles. The van der Waals surface area contributed by atoms with Gasteiger partial charge in [-0.15, -0.1) is 17.0 Å². The molecule has 0 unspecified atom stereocenters. The Kier molecular flexibility index (Phi) is 10.4. The molecule has 1 aromatic carbocycles. The first-order chi connectivity index (χ1) is 13.5. The van der Waals surface area contributed by atoms with Gasteiger partial charge in [-0.3, -0.25) is 0 Å². The number of hydrogen-bond acceptors (Lipinski definition) is 7. The molecule has 0 fully saturated rings. The van der Waals surface area contributed by atoms with Gasteiger partial charge in [0, 0.05) is 17.3 Å². The molecule has 1 heterocycles. The van der Waals surface area contributed by atoms with Crippen LogP contribution in [-0.2, 0) is 23.8 Å². The van der Waals surface area contributed by atoms with Crippen molar-refractivity contribution in [3.05, 3.63) is 57.4 Å². The van der Waals surface area contributed by atoms with Crippen LogP contribution in [0.4, 0.5) is 0 Å². The lowest BCUT2D eigenvalue weighted by Crippen LogP contribution is -2.35. The van der Waals surface area contributed by atoms with E-state index in [2.05, 4.69) is 5.32 Å². The van der Waals surface area contributed by atoms with Crippen LogP contribution >= 0.6 is 28.6 Å². The monoisotopic (exact) mass is 488 g/mol. The number of methoxy groups -OCH3 is 1. The van der Waals surface area contributed by atoms with E-state index in [4.69, 9.17) is 31.5 Å². The fraction of sp³-hybridized carbons (Fsp3) is 0.400. The van der Waals surface area contributed by atoms with Crippen LogP contribution in [0.5, 0.6) is 0 Å². The number of halogens is 2. The minimum absolute atomic E-state index is 0. The number of nitrogens with one attached hydrogen (secondary N) is 1. The molecule has 0 spiro atoms. The molecule has 0 aliphatic carbocycles. The van der Waals surface area contributed by atoms with Crippen LogP contribution in [0.3, 0.4) is 0 Å². The zero-order valence-electron chi connectivity index (χ0n) is 16.6. The first-order valence-electron chi connectivity index (χ1n) is 8.94. The Morgan fingerprint density at radius 1 is 1.21 bits per heavy atom. The second kappa shape index (κ2) is 12.0. The largest absolute Gasteiger partial charge is 0.466 e. The summed E-state index contributed by atoms with van der Waals surface area (Å²) < 4.78 is 15.8. The van der Waals surface area contributed by atoms with Crippen molar-refractivity contribution in [2.24, 2.45) is 5.73 Å². The predicted molar refractivity (Wildman–Crippen MR) is 116 cm³/mol. The lowest BCUT2D eigenvalue weighted by Gasteiger charge is -2.31. The summed E-state index contributed by atoms with van der Waals surface area (Å²) in [4.78, 5) is 25.5. The van der Waals surface area contributed by atoms with E-state index in [0.29, 0.717) is 40.7 Å². The van der Waals surface area contributed by atoms with E-state index in [0.717, 1.165) is 0 Å². The van der Waals surface area contributed by atoms with Crippen molar-refractivity contribution in [2.45, 2.75) is 19.8 Å². The molecule has 29 heavy (non-hydrogen) atoms. The molecule has 2 rings (SSSR count). The Labute approximate surface area is 186 Å². The van der Waals surface area contributed by atoms with Crippen molar-refractivity contribution in [1.82, 2.24) is 5.32 Å². The summed E-state index contributed by atoms with van der Waals surface area (Å²) >= 11 is 6.42. The predicted octanol–water partition coefficient (Wildman–Crippen LogP) is 2.84. The molecule has 1 aromatic rings. The standard InChI is InChI=1S/C20H25ClN2O5.BrH/c1-4-28-20(25)18-15(11-27-10-9-22)23-12(2)16(19(24)26-3)17(18)13-7-5-6-8-14(13)21;/h5-8,17,23H,4,9-11,22H2,1-3H3;1H/t17-;/m1./s1. The third-order valence-electron chi connectivity index (χ3n) is 4.27. The summed E-state index contributed by atoms with van der Waals surface area (Å²) in [5.41, 5.74) is 7.70. The van der Waals surface area contributed by atoms with Crippen molar-refractivity contribution >= 4 is 40.5 Å². The van der Waals surface area contributed by atoms with Gasteiger partial charge in [-0.2, -0.15) is 0 Å². The normalized spacial score (nSPS) is 16.1. The highest BCUT2D eigenvalue weighted by atomic mass is 79.9. The van der Waals surface area contributed by atoms with E-state index in [1.807, 2.05) is 0 Å². The van der Waals surface area contributed by atoms with E-state index in [9.17, 15) is 9.59 Å². The van der Waals surface area contributed by atoms with Gasteiger partial charge in [0.2, 0.25) is 0 Å². The summed E-state index contributed by atoms with van der Waals surface area (Å²) in [6.07, 6.45) is 0. The minimum atomic E-state index is -0.752. The fourth-order valence-corrected chi connectivity index (χ4v) is 3.36. The average molecular weight is 490 g/mol. The number of allylic oxidation sites excluding steroid dienone is 1. The molecule has 1 aliphatic rings. The summed E-state index contributed by atoms with van der Waals surface area (Å²) in [5.74, 6) is -1.86. The van der Waals surface area contributed by atoms with Crippen molar-refractivity contribution in [1.29, 1.82) is 0 Å². The van der Waals surface area contributed by atoms with Gasteiger partial charge in [0.05, 0.1) is 49.7 Å². The minimum Gasteiger partial charge on any atom is -0.466 e. The van der Waals surface area contributed by atoms with E-state index in [1.54, 1.807) is 38.1 Å². The Bertz CT molecular complexity index is 810. The molecular weight excluding hydrogens is 464 g/mol. The lowest BCUT2D eigenvalue weighted by molar-refractivity contribution is -0.139. The average Bonchev–Trinajstić information content (AvgIpc) is 2.67. The SMILES string of the molecule is Br.CCOC(=O)C1=C(COCCN)NC(C)=C(C(=O)OC)[C@H]1c1ccccc1Cl. The maximum absolute atomic E-state index is 12.9. The number of rotatable bonds is 8. The number of carbonyl (C=O) groups excluding carboxylic acids is 2. The molecule has 1 aliphatic heterocycles. The van der Waals surface area contributed by atoms with Crippen LogP contribution in [0, 0.1) is 0 Å². The van der Waals surface area contributed by atoms with Crippen LogP contribution in [-0.4, -0.2) is 45.4 Å². The van der Waals surface area contributed by atoms with E-state index < -0.39 is 17.9 Å². The van der Waals surface area contributed by atoms with Gasteiger partial charge in [-0.1, -0.05) is 29.8 Å². The molecule has 0 radical (unpaired) electrons. The van der Waals surface area contributed by atoms with Crippen molar-refractivity contribution in [3.63, 3.8) is 0 Å². The highest BCUT2D eigenvalue weighted by Gasteiger charge is 2.39. The molecule has 9 heteroatoms. The van der Waals surface area contributed by atoms with Gasteiger partial charge in [0.15, 0.2) is 0 Å². The Morgan fingerprint density at radius 3 is 2.48 bits per heavy atom. The molecule has 0 saturated carbocycles. The van der Waals surface area contributed by atoms with Crippen molar-refractivity contribution in [2.75, 3.05) is 33.5 Å². The molecule has 0 aromatic heterocycles. The quantitative estimate of drug-likeness (QED) is 0.428. The molecule has 0 bridgehead atoms. The Balaban J connectivity index is 0.00000420. The number of esters is 2. The van der Waals surface area contributed by atoms with Crippen molar-refractivity contribution in [3.8, 4) is 0 Å². The van der Waals surface area contributed by atoms with Crippen LogP contribution in [0.2, 0.25) is 5.02 Å². The number of dihydropyridines is 1. The second-order valence-electron chi connectivity index (χ2n) is 6.06. The van der Waals surface area contributed by atoms with Gasteiger partial charge in [0.25, 0.3) is 0 Å². The number of nitrogens with two attached hydrogens (primary N) is 1.